The molecule has 0 unspecified atom stereocenters. The Bertz CT molecular complexity index is 834. The number of rotatable bonds is 7. The molecule has 0 aliphatic heterocycles. The third-order valence-electron chi connectivity index (χ3n) is 3.98. The molecule has 0 atom stereocenters. The summed E-state index contributed by atoms with van der Waals surface area (Å²) >= 11 is 11.1. The van der Waals surface area contributed by atoms with Crippen molar-refractivity contribution in [3.63, 3.8) is 0 Å². The third kappa shape index (κ3) is 6.32. The van der Waals surface area contributed by atoms with Gasteiger partial charge in [-0.3, -0.25) is 14.9 Å². The van der Waals surface area contributed by atoms with Gasteiger partial charge in [-0.1, -0.05) is 31.5 Å². The van der Waals surface area contributed by atoms with E-state index in [0.717, 1.165) is 25.9 Å². The largest absolute Gasteiger partial charge is 0.339 e. The van der Waals surface area contributed by atoms with Crippen LogP contribution in [-0.4, -0.2) is 34.9 Å². The van der Waals surface area contributed by atoms with Crippen LogP contribution < -0.4 is 10.6 Å². The van der Waals surface area contributed by atoms with E-state index < -0.39 is 0 Å². The Morgan fingerprint density at radius 2 is 1.64 bits per heavy atom. The van der Waals surface area contributed by atoms with Gasteiger partial charge in [-0.05, 0) is 67.5 Å². The highest BCUT2D eigenvalue weighted by atomic mass is 35.5. The van der Waals surface area contributed by atoms with Gasteiger partial charge in [0.25, 0.3) is 11.8 Å². The number of thiocarbonyl (C=S) groups is 1. The molecule has 0 fully saturated rings. The number of hydrogen-bond acceptors (Lipinski definition) is 3. The highest BCUT2D eigenvalue weighted by Gasteiger charge is 2.14. The molecule has 2 rings (SSSR count). The van der Waals surface area contributed by atoms with Crippen molar-refractivity contribution in [2.45, 2.75) is 26.7 Å². The maximum absolute atomic E-state index is 12.6. The second kappa shape index (κ2) is 10.8. The van der Waals surface area contributed by atoms with Crippen molar-refractivity contribution < 1.29 is 9.59 Å². The first kappa shape index (κ1) is 21.9. The van der Waals surface area contributed by atoms with E-state index in [-0.39, 0.29) is 16.9 Å². The summed E-state index contributed by atoms with van der Waals surface area (Å²) in [4.78, 5) is 26.7. The molecule has 0 aliphatic rings. The van der Waals surface area contributed by atoms with E-state index in [1.807, 2.05) is 4.90 Å². The number of carbonyl (C=O) groups is 2. The molecule has 148 valence electrons. The van der Waals surface area contributed by atoms with Crippen molar-refractivity contribution in [1.82, 2.24) is 10.2 Å². The number of nitrogens with one attached hydrogen (secondary N) is 2. The summed E-state index contributed by atoms with van der Waals surface area (Å²) in [5, 5.41) is 6.20. The number of nitrogens with zero attached hydrogens (tertiary/aromatic N) is 1. The molecule has 0 aromatic heterocycles. The zero-order valence-corrected chi connectivity index (χ0v) is 17.6. The third-order valence-corrected chi connectivity index (χ3v) is 4.42. The molecule has 2 N–H and O–H groups in total. The Labute approximate surface area is 176 Å². The van der Waals surface area contributed by atoms with Crippen LogP contribution in [0.1, 0.15) is 47.4 Å². The smallest absolute Gasteiger partial charge is 0.257 e. The van der Waals surface area contributed by atoms with E-state index in [0.29, 0.717) is 21.8 Å². The number of anilines is 1. The van der Waals surface area contributed by atoms with Crippen LogP contribution in [-0.2, 0) is 0 Å². The quantitative estimate of drug-likeness (QED) is 0.639. The minimum absolute atomic E-state index is 0.0204. The van der Waals surface area contributed by atoms with E-state index in [4.69, 9.17) is 23.8 Å². The first-order valence-corrected chi connectivity index (χ1v) is 10.0. The Morgan fingerprint density at radius 1 is 1.00 bits per heavy atom. The van der Waals surface area contributed by atoms with Gasteiger partial charge in [0.1, 0.15) is 0 Å². The van der Waals surface area contributed by atoms with Crippen LogP contribution in [0.5, 0.6) is 0 Å². The lowest BCUT2D eigenvalue weighted by Crippen LogP contribution is -2.34. The lowest BCUT2D eigenvalue weighted by Gasteiger charge is -2.21. The van der Waals surface area contributed by atoms with Crippen molar-refractivity contribution in [3.05, 3.63) is 64.7 Å². The average Bonchev–Trinajstić information content (AvgIpc) is 2.67. The topological polar surface area (TPSA) is 61.4 Å². The molecule has 0 saturated carbocycles. The van der Waals surface area contributed by atoms with Gasteiger partial charge < -0.3 is 10.2 Å². The summed E-state index contributed by atoms with van der Waals surface area (Å²) in [6.45, 7) is 5.60. The van der Waals surface area contributed by atoms with Gasteiger partial charge in [-0.15, -0.1) is 0 Å². The summed E-state index contributed by atoms with van der Waals surface area (Å²) in [7, 11) is 0. The molecular formula is C21H24ClN3O2S. The van der Waals surface area contributed by atoms with Crippen molar-refractivity contribution in [1.29, 1.82) is 0 Å². The second-order valence-electron chi connectivity index (χ2n) is 6.29. The Hall–Kier alpha value is -2.44. The first-order chi connectivity index (χ1) is 13.4. The predicted molar refractivity (Wildman–Crippen MR) is 118 cm³/mol. The number of carbonyl (C=O) groups excluding carboxylic acids is 2. The van der Waals surface area contributed by atoms with Gasteiger partial charge in [0, 0.05) is 34.9 Å². The number of halogens is 1. The fraction of sp³-hybridized carbons (Fsp3) is 0.286. The minimum Gasteiger partial charge on any atom is -0.339 e. The van der Waals surface area contributed by atoms with Gasteiger partial charge >= 0.3 is 0 Å². The molecule has 0 spiro atoms. The molecule has 2 aromatic carbocycles. The van der Waals surface area contributed by atoms with Crippen LogP contribution in [0.15, 0.2) is 48.5 Å². The predicted octanol–water partition coefficient (Wildman–Crippen LogP) is 4.73. The summed E-state index contributed by atoms with van der Waals surface area (Å²) in [6, 6.07) is 13.7. The van der Waals surface area contributed by atoms with Gasteiger partial charge in [0.05, 0.1) is 0 Å². The van der Waals surface area contributed by atoms with Crippen molar-refractivity contribution in [2.75, 3.05) is 18.4 Å². The first-order valence-electron chi connectivity index (χ1n) is 9.21. The van der Waals surface area contributed by atoms with Gasteiger partial charge in [0.2, 0.25) is 0 Å². The van der Waals surface area contributed by atoms with Crippen LogP contribution in [0.2, 0.25) is 5.02 Å². The van der Waals surface area contributed by atoms with E-state index in [9.17, 15) is 9.59 Å². The highest BCUT2D eigenvalue weighted by Crippen LogP contribution is 2.13. The summed E-state index contributed by atoms with van der Waals surface area (Å²) in [5.74, 6) is -0.325. The molecule has 5 nitrogen and oxygen atoms in total. The number of benzene rings is 2. The fourth-order valence-corrected chi connectivity index (χ4v) is 3.10. The average molecular weight is 418 g/mol. The van der Waals surface area contributed by atoms with Gasteiger partial charge in [0.15, 0.2) is 5.11 Å². The minimum atomic E-state index is -0.346. The maximum atomic E-state index is 12.6. The van der Waals surface area contributed by atoms with Gasteiger partial charge in [-0.2, -0.15) is 0 Å². The summed E-state index contributed by atoms with van der Waals surface area (Å²) < 4.78 is 0. The van der Waals surface area contributed by atoms with Crippen LogP contribution in [0, 0.1) is 0 Å². The van der Waals surface area contributed by atoms with Crippen molar-refractivity contribution in [2.24, 2.45) is 0 Å². The monoisotopic (exact) mass is 417 g/mol. The van der Waals surface area contributed by atoms with Crippen molar-refractivity contribution >= 4 is 46.4 Å². The lowest BCUT2D eigenvalue weighted by molar-refractivity contribution is 0.0755. The fourth-order valence-electron chi connectivity index (χ4n) is 2.70. The SMILES string of the molecule is CCCN(CCC)C(=O)c1ccc(NC(=S)NC(=O)c2cccc(Cl)c2)cc1. The number of amides is 2. The van der Waals surface area contributed by atoms with E-state index in [2.05, 4.69) is 24.5 Å². The molecule has 2 aromatic rings. The molecule has 28 heavy (non-hydrogen) atoms. The molecular weight excluding hydrogens is 394 g/mol. The van der Waals surface area contributed by atoms with Crippen LogP contribution in [0.25, 0.3) is 0 Å². The molecule has 2 amide bonds. The second-order valence-corrected chi connectivity index (χ2v) is 7.13. The van der Waals surface area contributed by atoms with Crippen LogP contribution >= 0.6 is 23.8 Å². The van der Waals surface area contributed by atoms with Crippen molar-refractivity contribution in [3.8, 4) is 0 Å². The van der Waals surface area contributed by atoms with E-state index in [1.54, 1.807) is 48.5 Å². The van der Waals surface area contributed by atoms with E-state index >= 15 is 0 Å². The zero-order chi connectivity index (χ0) is 20.5. The number of hydrogen-bond donors (Lipinski definition) is 2. The highest BCUT2D eigenvalue weighted by molar-refractivity contribution is 7.80. The summed E-state index contributed by atoms with van der Waals surface area (Å²) in [6.07, 6.45) is 1.85. The Morgan fingerprint density at radius 3 is 2.21 bits per heavy atom. The Kier molecular flexibility index (Phi) is 8.42. The summed E-state index contributed by atoms with van der Waals surface area (Å²) in [5.41, 5.74) is 1.73. The molecule has 0 heterocycles. The van der Waals surface area contributed by atoms with Crippen LogP contribution in [0.4, 0.5) is 5.69 Å². The lowest BCUT2D eigenvalue weighted by atomic mass is 10.1. The van der Waals surface area contributed by atoms with Gasteiger partial charge in [-0.25, -0.2) is 0 Å². The van der Waals surface area contributed by atoms with Crippen LogP contribution in [0.3, 0.4) is 0 Å². The standard InChI is InChI=1S/C21H24ClN3O2S/c1-3-12-25(13-4-2)20(27)15-8-10-18(11-9-15)23-21(28)24-19(26)16-6-5-7-17(22)14-16/h5-11,14H,3-4,12-13H2,1-2H3,(H2,23,24,26,28). The molecule has 0 aliphatic carbocycles. The molecule has 0 saturated heterocycles. The molecule has 0 bridgehead atoms. The molecule has 0 radical (unpaired) electrons. The molecule has 7 heteroatoms. The van der Waals surface area contributed by atoms with E-state index in [1.165, 1.54) is 0 Å². The Balaban J connectivity index is 1.96. The zero-order valence-electron chi connectivity index (χ0n) is 16.0. The maximum Gasteiger partial charge on any atom is 0.257 e. The normalized spacial score (nSPS) is 10.2.